The number of aliphatic hydroxyl groups is 1. The maximum atomic E-state index is 12.3. The quantitative estimate of drug-likeness (QED) is 0.770. The lowest BCUT2D eigenvalue weighted by molar-refractivity contribution is -0.131. The van der Waals surface area contributed by atoms with E-state index in [1.807, 2.05) is 13.8 Å². The van der Waals surface area contributed by atoms with Crippen molar-refractivity contribution in [3.8, 4) is 0 Å². The van der Waals surface area contributed by atoms with Gasteiger partial charge in [-0.05, 0) is 27.3 Å². The second kappa shape index (κ2) is 8.60. The molecule has 0 spiro atoms. The Hall–Kier alpha value is -1.44. The third-order valence-electron chi connectivity index (χ3n) is 4.75. The standard InChI is InChI=1S/C17H30N4O3/c1-13-16(14(2)24-18-13)5-6-17(23)20(4)11-15(22)12-21-9-7-19(3)8-10-21/h15,22H,5-12H2,1-4H3. The van der Waals surface area contributed by atoms with E-state index in [-0.39, 0.29) is 5.91 Å². The first-order chi connectivity index (χ1) is 11.4. The van der Waals surface area contributed by atoms with Crippen molar-refractivity contribution >= 4 is 5.91 Å². The molecule has 1 atom stereocenters. The average Bonchev–Trinajstić information content (AvgIpc) is 2.85. The van der Waals surface area contributed by atoms with Crippen LogP contribution in [0.4, 0.5) is 0 Å². The minimum absolute atomic E-state index is 0.0347. The van der Waals surface area contributed by atoms with Crippen molar-refractivity contribution in [2.24, 2.45) is 0 Å². The number of nitrogens with zero attached hydrogens (tertiary/aromatic N) is 4. The van der Waals surface area contributed by atoms with Gasteiger partial charge in [-0.15, -0.1) is 0 Å². The Bertz CT molecular complexity index is 518. The summed E-state index contributed by atoms with van der Waals surface area (Å²) in [6.45, 7) is 8.73. The summed E-state index contributed by atoms with van der Waals surface area (Å²) in [6, 6.07) is 0. The van der Waals surface area contributed by atoms with Crippen molar-refractivity contribution in [1.82, 2.24) is 19.9 Å². The lowest BCUT2D eigenvalue weighted by Crippen LogP contribution is -2.49. The molecule has 1 saturated heterocycles. The van der Waals surface area contributed by atoms with Crippen LogP contribution < -0.4 is 0 Å². The fourth-order valence-electron chi connectivity index (χ4n) is 3.09. The molecule has 0 bridgehead atoms. The van der Waals surface area contributed by atoms with E-state index in [2.05, 4.69) is 22.0 Å². The maximum absolute atomic E-state index is 12.3. The minimum atomic E-state index is -0.513. The number of carbonyl (C=O) groups excluding carboxylic acids is 1. The van der Waals surface area contributed by atoms with Gasteiger partial charge in [0.25, 0.3) is 0 Å². The predicted octanol–water partition coefficient (Wildman–Crippen LogP) is 0.291. The third-order valence-corrected chi connectivity index (χ3v) is 4.75. The van der Waals surface area contributed by atoms with E-state index in [9.17, 15) is 9.90 Å². The molecule has 136 valence electrons. The SMILES string of the molecule is Cc1noc(C)c1CCC(=O)N(C)CC(O)CN1CCN(C)CC1. The lowest BCUT2D eigenvalue weighted by Gasteiger charge is -2.34. The molecule has 0 radical (unpaired) electrons. The van der Waals surface area contributed by atoms with Crippen LogP contribution in [0.1, 0.15) is 23.4 Å². The summed E-state index contributed by atoms with van der Waals surface area (Å²) in [4.78, 5) is 18.4. The Morgan fingerprint density at radius 3 is 2.58 bits per heavy atom. The number of aromatic nitrogens is 1. The molecule has 0 aromatic carbocycles. The average molecular weight is 338 g/mol. The van der Waals surface area contributed by atoms with Gasteiger partial charge >= 0.3 is 0 Å². The number of aryl methyl sites for hydroxylation is 2. The first-order valence-corrected chi connectivity index (χ1v) is 8.61. The Balaban J connectivity index is 1.72. The summed E-state index contributed by atoms with van der Waals surface area (Å²) in [7, 11) is 3.86. The van der Waals surface area contributed by atoms with E-state index < -0.39 is 6.10 Å². The number of piperazine rings is 1. The first-order valence-electron chi connectivity index (χ1n) is 8.61. The molecule has 7 nitrogen and oxygen atoms in total. The van der Waals surface area contributed by atoms with Crippen LogP contribution in [0.2, 0.25) is 0 Å². The normalized spacial score (nSPS) is 17.9. The lowest BCUT2D eigenvalue weighted by atomic mass is 10.1. The van der Waals surface area contributed by atoms with Crippen LogP contribution in [-0.4, -0.2) is 90.3 Å². The molecule has 1 aromatic heterocycles. The highest BCUT2D eigenvalue weighted by atomic mass is 16.5. The topological polar surface area (TPSA) is 73.0 Å². The second-order valence-electron chi connectivity index (χ2n) is 6.83. The number of carbonyl (C=O) groups is 1. The molecule has 2 rings (SSSR count). The van der Waals surface area contributed by atoms with E-state index in [1.54, 1.807) is 11.9 Å². The van der Waals surface area contributed by atoms with Crippen LogP contribution in [0, 0.1) is 13.8 Å². The van der Waals surface area contributed by atoms with Gasteiger partial charge in [0.15, 0.2) is 0 Å². The zero-order chi connectivity index (χ0) is 17.7. The maximum Gasteiger partial charge on any atom is 0.222 e. The molecule has 1 fully saturated rings. The van der Waals surface area contributed by atoms with Gasteiger partial charge in [-0.2, -0.15) is 0 Å². The summed E-state index contributed by atoms with van der Waals surface area (Å²) in [5.74, 6) is 0.811. The van der Waals surface area contributed by atoms with E-state index in [0.717, 1.165) is 43.2 Å². The van der Waals surface area contributed by atoms with Gasteiger partial charge in [0, 0.05) is 58.3 Å². The van der Waals surface area contributed by atoms with Gasteiger partial charge in [0.2, 0.25) is 5.91 Å². The van der Waals surface area contributed by atoms with Gasteiger partial charge < -0.3 is 19.4 Å². The summed E-state index contributed by atoms with van der Waals surface area (Å²) in [5, 5.41) is 14.2. The van der Waals surface area contributed by atoms with Gasteiger partial charge in [-0.3, -0.25) is 9.69 Å². The molecule has 0 aliphatic carbocycles. The van der Waals surface area contributed by atoms with Crippen LogP contribution in [0.3, 0.4) is 0 Å². The highest BCUT2D eigenvalue weighted by molar-refractivity contribution is 5.76. The first kappa shape index (κ1) is 18.9. The molecule has 1 unspecified atom stereocenters. The molecule has 1 aliphatic rings. The van der Waals surface area contributed by atoms with E-state index >= 15 is 0 Å². The third kappa shape index (κ3) is 5.29. The highest BCUT2D eigenvalue weighted by Gasteiger charge is 2.20. The molecule has 1 aliphatic heterocycles. The number of likely N-dealkylation sites (N-methyl/N-ethyl adjacent to an activating group) is 2. The fraction of sp³-hybridized carbons (Fsp3) is 0.765. The molecule has 1 amide bonds. The zero-order valence-electron chi connectivity index (χ0n) is 15.3. The molecule has 1 aromatic rings. The van der Waals surface area contributed by atoms with Crippen LogP contribution in [0.15, 0.2) is 4.52 Å². The zero-order valence-corrected chi connectivity index (χ0v) is 15.3. The summed E-state index contributed by atoms with van der Waals surface area (Å²) in [5.41, 5.74) is 1.85. The largest absolute Gasteiger partial charge is 0.390 e. The van der Waals surface area contributed by atoms with Crippen molar-refractivity contribution in [3.63, 3.8) is 0 Å². The molecule has 1 N–H and O–H groups in total. The van der Waals surface area contributed by atoms with Gasteiger partial charge in [-0.25, -0.2) is 0 Å². The molecule has 7 heteroatoms. The monoisotopic (exact) mass is 338 g/mol. The van der Waals surface area contributed by atoms with Crippen molar-refractivity contribution in [2.75, 3.05) is 53.4 Å². The number of hydrogen-bond acceptors (Lipinski definition) is 6. The van der Waals surface area contributed by atoms with Crippen LogP contribution >= 0.6 is 0 Å². The summed E-state index contributed by atoms with van der Waals surface area (Å²) in [6.07, 6.45) is 0.515. The highest BCUT2D eigenvalue weighted by Crippen LogP contribution is 2.14. The van der Waals surface area contributed by atoms with Crippen LogP contribution in [0.25, 0.3) is 0 Å². The predicted molar refractivity (Wildman–Crippen MR) is 91.9 cm³/mol. The Kier molecular flexibility index (Phi) is 6.77. The number of β-amino-alcohol motifs (C(OH)–C–C–N with tert-alkyl or cyclic N) is 1. The van der Waals surface area contributed by atoms with Crippen LogP contribution in [-0.2, 0) is 11.2 Å². The minimum Gasteiger partial charge on any atom is -0.390 e. The fourth-order valence-corrected chi connectivity index (χ4v) is 3.09. The van der Waals surface area contributed by atoms with E-state index in [1.165, 1.54) is 0 Å². The second-order valence-corrected chi connectivity index (χ2v) is 6.83. The number of hydrogen-bond donors (Lipinski definition) is 1. The number of rotatable bonds is 7. The summed E-state index contributed by atoms with van der Waals surface area (Å²) >= 11 is 0. The van der Waals surface area contributed by atoms with Crippen molar-refractivity contribution in [1.29, 1.82) is 0 Å². The summed E-state index contributed by atoms with van der Waals surface area (Å²) < 4.78 is 5.12. The molecule has 24 heavy (non-hydrogen) atoms. The number of aliphatic hydroxyl groups excluding tert-OH is 1. The molecular weight excluding hydrogens is 308 g/mol. The van der Waals surface area contributed by atoms with E-state index in [0.29, 0.717) is 25.9 Å². The van der Waals surface area contributed by atoms with Gasteiger partial charge in [0.05, 0.1) is 11.8 Å². The van der Waals surface area contributed by atoms with E-state index in [4.69, 9.17) is 4.52 Å². The molecular formula is C17H30N4O3. The number of amides is 1. The van der Waals surface area contributed by atoms with Crippen molar-refractivity contribution < 1.29 is 14.4 Å². The smallest absolute Gasteiger partial charge is 0.222 e. The van der Waals surface area contributed by atoms with Crippen molar-refractivity contribution in [3.05, 3.63) is 17.0 Å². The van der Waals surface area contributed by atoms with Crippen LogP contribution in [0.5, 0.6) is 0 Å². The molecule has 2 heterocycles. The van der Waals surface area contributed by atoms with Crippen molar-refractivity contribution in [2.45, 2.75) is 32.8 Å². The Labute approximate surface area is 144 Å². The van der Waals surface area contributed by atoms with Gasteiger partial charge in [-0.1, -0.05) is 5.16 Å². The Morgan fingerprint density at radius 2 is 2.00 bits per heavy atom. The molecule has 0 saturated carbocycles. The Morgan fingerprint density at radius 1 is 1.33 bits per heavy atom. The van der Waals surface area contributed by atoms with Gasteiger partial charge in [0.1, 0.15) is 5.76 Å².